The maximum Gasteiger partial charge on any atom is 0.193 e. The molecule has 0 saturated carbocycles. The lowest BCUT2D eigenvalue weighted by Gasteiger charge is -2.05. The highest BCUT2D eigenvalue weighted by Gasteiger charge is 2.08. The SMILES string of the molecule is NCc1ccc(Sc2ccc(C(=O)c3ccccc3)cc2)cc1. The fraction of sp³-hybridized carbons (Fsp3) is 0.0500. The second-order valence-corrected chi connectivity index (χ2v) is 6.32. The van der Waals surface area contributed by atoms with E-state index in [2.05, 4.69) is 12.1 Å². The van der Waals surface area contributed by atoms with Gasteiger partial charge in [0.15, 0.2) is 5.78 Å². The van der Waals surface area contributed by atoms with Gasteiger partial charge in [-0.15, -0.1) is 0 Å². The Labute approximate surface area is 140 Å². The van der Waals surface area contributed by atoms with Crippen LogP contribution in [0, 0.1) is 0 Å². The standard InChI is InChI=1S/C20H17NOS/c21-14-15-6-10-18(11-7-15)23-19-12-8-17(9-13-19)20(22)16-4-2-1-3-5-16/h1-13H,14,21H2. The van der Waals surface area contributed by atoms with Gasteiger partial charge in [-0.2, -0.15) is 0 Å². The Morgan fingerprint density at radius 1 is 0.739 bits per heavy atom. The summed E-state index contributed by atoms with van der Waals surface area (Å²) in [5, 5.41) is 0. The van der Waals surface area contributed by atoms with E-state index >= 15 is 0 Å². The lowest BCUT2D eigenvalue weighted by molar-refractivity contribution is 0.103. The lowest BCUT2D eigenvalue weighted by atomic mass is 10.0. The smallest absolute Gasteiger partial charge is 0.193 e. The molecule has 0 bridgehead atoms. The normalized spacial score (nSPS) is 10.5. The lowest BCUT2D eigenvalue weighted by Crippen LogP contribution is -2.00. The predicted octanol–water partition coefficient (Wildman–Crippen LogP) is 4.53. The molecule has 114 valence electrons. The topological polar surface area (TPSA) is 43.1 Å². The molecular formula is C20H17NOS. The first-order valence-corrected chi connectivity index (χ1v) is 8.24. The molecule has 3 aromatic rings. The van der Waals surface area contributed by atoms with Gasteiger partial charge in [0, 0.05) is 27.5 Å². The van der Waals surface area contributed by atoms with Gasteiger partial charge in [0.05, 0.1) is 0 Å². The van der Waals surface area contributed by atoms with Crippen LogP contribution in [0.4, 0.5) is 0 Å². The highest BCUT2D eigenvalue weighted by Crippen LogP contribution is 2.28. The van der Waals surface area contributed by atoms with E-state index in [1.807, 2.05) is 66.7 Å². The number of carbonyl (C=O) groups is 1. The van der Waals surface area contributed by atoms with Gasteiger partial charge in [0.25, 0.3) is 0 Å². The van der Waals surface area contributed by atoms with E-state index in [1.54, 1.807) is 11.8 Å². The van der Waals surface area contributed by atoms with Crippen LogP contribution in [0.5, 0.6) is 0 Å². The third kappa shape index (κ3) is 3.89. The Morgan fingerprint density at radius 2 is 1.26 bits per heavy atom. The molecule has 3 aromatic carbocycles. The van der Waals surface area contributed by atoms with Crippen molar-refractivity contribution in [3.63, 3.8) is 0 Å². The summed E-state index contributed by atoms with van der Waals surface area (Å²) in [5.41, 5.74) is 8.15. The van der Waals surface area contributed by atoms with Crippen LogP contribution >= 0.6 is 11.8 Å². The summed E-state index contributed by atoms with van der Waals surface area (Å²) in [7, 11) is 0. The molecule has 0 heterocycles. The molecule has 0 saturated heterocycles. The average Bonchev–Trinajstić information content (AvgIpc) is 2.63. The summed E-state index contributed by atoms with van der Waals surface area (Å²) in [6, 6.07) is 25.3. The van der Waals surface area contributed by atoms with E-state index in [-0.39, 0.29) is 5.78 Å². The Kier molecular flexibility index (Phi) is 4.91. The first kappa shape index (κ1) is 15.5. The van der Waals surface area contributed by atoms with E-state index in [4.69, 9.17) is 5.73 Å². The monoisotopic (exact) mass is 319 g/mol. The molecule has 3 heteroatoms. The Morgan fingerprint density at radius 3 is 1.83 bits per heavy atom. The first-order chi connectivity index (χ1) is 11.3. The van der Waals surface area contributed by atoms with Crippen molar-refractivity contribution in [2.75, 3.05) is 0 Å². The fourth-order valence-corrected chi connectivity index (χ4v) is 3.08. The number of carbonyl (C=O) groups excluding carboxylic acids is 1. The summed E-state index contributed by atoms with van der Waals surface area (Å²) >= 11 is 1.67. The van der Waals surface area contributed by atoms with Crippen LogP contribution in [-0.2, 0) is 6.54 Å². The molecule has 0 spiro atoms. The zero-order valence-electron chi connectivity index (χ0n) is 12.6. The van der Waals surface area contributed by atoms with E-state index in [9.17, 15) is 4.79 Å². The number of rotatable bonds is 5. The molecule has 0 amide bonds. The Hall–Kier alpha value is -2.36. The van der Waals surface area contributed by atoms with Gasteiger partial charge in [0.2, 0.25) is 0 Å². The maximum absolute atomic E-state index is 12.4. The Balaban J connectivity index is 1.72. The largest absolute Gasteiger partial charge is 0.326 e. The number of hydrogen-bond acceptors (Lipinski definition) is 3. The number of ketones is 1. The zero-order chi connectivity index (χ0) is 16.1. The maximum atomic E-state index is 12.4. The summed E-state index contributed by atoms with van der Waals surface area (Å²) in [6.45, 7) is 0.557. The summed E-state index contributed by atoms with van der Waals surface area (Å²) in [6.07, 6.45) is 0. The molecule has 0 aromatic heterocycles. The molecule has 0 fully saturated rings. The van der Waals surface area contributed by atoms with Crippen LogP contribution < -0.4 is 5.73 Å². The summed E-state index contributed by atoms with van der Waals surface area (Å²) < 4.78 is 0. The molecule has 3 rings (SSSR count). The van der Waals surface area contributed by atoms with E-state index in [0.29, 0.717) is 17.7 Å². The van der Waals surface area contributed by atoms with E-state index < -0.39 is 0 Å². The molecule has 0 atom stereocenters. The average molecular weight is 319 g/mol. The van der Waals surface area contributed by atoms with Gasteiger partial charge in [-0.1, -0.05) is 54.2 Å². The van der Waals surface area contributed by atoms with Gasteiger partial charge in [0.1, 0.15) is 0 Å². The number of benzene rings is 3. The van der Waals surface area contributed by atoms with Gasteiger partial charge in [-0.05, 0) is 42.0 Å². The minimum absolute atomic E-state index is 0.0504. The van der Waals surface area contributed by atoms with Crippen LogP contribution in [0.3, 0.4) is 0 Å². The van der Waals surface area contributed by atoms with Gasteiger partial charge < -0.3 is 5.73 Å². The highest BCUT2D eigenvalue weighted by molar-refractivity contribution is 7.99. The molecule has 0 unspecified atom stereocenters. The van der Waals surface area contributed by atoms with Crippen LogP contribution in [0.15, 0.2) is 88.7 Å². The molecule has 2 nitrogen and oxygen atoms in total. The quantitative estimate of drug-likeness (QED) is 0.703. The van der Waals surface area contributed by atoms with E-state index in [0.717, 1.165) is 15.4 Å². The van der Waals surface area contributed by atoms with Crippen molar-refractivity contribution in [1.82, 2.24) is 0 Å². The number of hydrogen-bond donors (Lipinski definition) is 1. The van der Waals surface area contributed by atoms with Crippen LogP contribution in [0.25, 0.3) is 0 Å². The molecule has 0 aliphatic heterocycles. The highest BCUT2D eigenvalue weighted by atomic mass is 32.2. The van der Waals surface area contributed by atoms with Crippen molar-refractivity contribution in [2.24, 2.45) is 5.73 Å². The van der Waals surface area contributed by atoms with Gasteiger partial charge >= 0.3 is 0 Å². The zero-order valence-corrected chi connectivity index (χ0v) is 13.4. The fourth-order valence-electron chi connectivity index (χ4n) is 2.26. The summed E-state index contributed by atoms with van der Waals surface area (Å²) in [4.78, 5) is 14.6. The van der Waals surface area contributed by atoms with Crippen LogP contribution in [0.1, 0.15) is 21.5 Å². The van der Waals surface area contributed by atoms with Crippen molar-refractivity contribution in [3.05, 3.63) is 95.6 Å². The first-order valence-electron chi connectivity index (χ1n) is 7.43. The van der Waals surface area contributed by atoms with E-state index in [1.165, 1.54) is 0 Å². The van der Waals surface area contributed by atoms with Crippen LogP contribution in [0.2, 0.25) is 0 Å². The number of nitrogens with two attached hydrogens (primary N) is 1. The minimum Gasteiger partial charge on any atom is -0.326 e. The molecule has 0 radical (unpaired) electrons. The minimum atomic E-state index is 0.0504. The van der Waals surface area contributed by atoms with Crippen molar-refractivity contribution >= 4 is 17.5 Å². The molecular weight excluding hydrogens is 302 g/mol. The second kappa shape index (κ2) is 7.27. The van der Waals surface area contributed by atoms with Crippen LogP contribution in [-0.4, -0.2) is 5.78 Å². The van der Waals surface area contributed by atoms with Crippen molar-refractivity contribution in [3.8, 4) is 0 Å². The molecule has 23 heavy (non-hydrogen) atoms. The predicted molar refractivity (Wildman–Crippen MR) is 94.8 cm³/mol. The van der Waals surface area contributed by atoms with Crippen molar-refractivity contribution in [1.29, 1.82) is 0 Å². The van der Waals surface area contributed by atoms with Crippen molar-refractivity contribution in [2.45, 2.75) is 16.3 Å². The second-order valence-electron chi connectivity index (χ2n) is 5.17. The summed E-state index contributed by atoms with van der Waals surface area (Å²) in [5.74, 6) is 0.0504. The third-order valence-electron chi connectivity index (χ3n) is 3.55. The van der Waals surface area contributed by atoms with Crippen molar-refractivity contribution < 1.29 is 4.79 Å². The Bertz CT molecular complexity index is 780. The molecule has 0 aliphatic carbocycles. The third-order valence-corrected chi connectivity index (χ3v) is 4.56. The molecule has 2 N–H and O–H groups in total. The van der Waals surface area contributed by atoms with Gasteiger partial charge in [-0.25, -0.2) is 0 Å². The molecule has 0 aliphatic rings. The van der Waals surface area contributed by atoms with Gasteiger partial charge in [-0.3, -0.25) is 4.79 Å².